The molecule has 33 heavy (non-hydrogen) atoms. The Morgan fingerprint density at radius 2 is 2.06 bits per heavy atom. The summed E-state index contributed by atoms with van der Waals surface area (Å²) in [5, 5.41) is 5.55. The van der Waals surface area contributed by atoms with E-state index in [9.17, 15) is 9.59 Å². The van der Waals surface area contributed by atoms with E-state index >= 15 is 0 Å². The topological polar surface area (TPSA) is 93.1 Å². The molecule has 1 atom stereocenters. The molecule has 0 radical (unpaired) electrons. The van der Waals surface area contributed by atoms with Gasteiger partial charge in [0, 0.05) is 24.6 Å². The SMILES string of the molecule is COC(=O)C1=C(C)N=C2SC=C(CC(=O)NCc3cccnc3)N2C1c1cccc(OC)c1. The predicted octanol–water partition coefficient (Wildman–Crippen LogP) is 3.54. The van der Waals surface area contributed by atoms with Crippen molar-refractivity contribution in [3.8, 4) is 5.75 Å². The summed E-state index contributed by atoms with van der Waals surface area (Å²) in [4.78, 5) is 36.2. The lowest BCUT2D eigenvalue weighted by Crippen LogP contribution is -2.37. The number of hydrogen-bond acceptors (Lipinski definition) is 8. The zero-order valence-electron chi connectivity index (χ0n) is 18.6. The molecule has 1 unspecified atom stereocenters. The summed E-state index contributed by atoms with van der Waals surface area (Å²) in [6.07, 6.45) is 3.55. The third-order valence-electron chi connectivity index (χ3n) is 5.37. The van der Waals surface area contributed by atoms with Crippen LogP contribution in [0.1, 0.15) is 30.5 Å². The number of aromatic nitrogens is 1. The van der Waals surface area contributed by atoms with Crippen LogP contribution in [0.4, 0.5) is 0 Å². The van der Waals surface area contributed by atoms with Gasteiger partial charge in [0.05, 0.1) is 38.0 Å². The molecule has 8 nitrogen and oxygen atoms in total. The number of thioether (sulfide) groups is 1. The first-order valence-electron chi connectivity index (χ1n) is 10.3. The maximum Gasteiger partial charge on any atom is 0.338 e. The first kappa shape index (κ1) is 22.6. The van der Waals surface area contributed by atoms with Crippen molar-refractivity contribution in [1.82, 2.24) is 15.2 Å². The van der Waals surface area contributed by atoms with E-state index < -0.39 is 12.0 Å². The third kappa shape index (κ3) is 4.78. The van der Waals surface area contributed by atoms with Gasteiger partial charge in [-0.1, -0.05) is 30.0 Å². The molecule has 2 aliphatic heterocycles. The molecule has 0 saturated heterocycles. The van der Waals surface area contributed by atoms with Crippen LogP contribution in [0.3, 0.4) is 0 Å². The normalized spacial score (nSPS) is 17.2. The largest absolute Gasteiger partial charge is 0.497 e. The molecule has 1 amide bonds. The molecule has 170 valence electrons. The number of pyridine rings is 1. The number of amidine groups is 1. The van der Waals surface area contributed by atoms with Crippen molar-refractivity contribution in [2.75, 3.05) is 14.2 Å². The fourth-order valence-electron chi connectivity index (χ4n) is 3.80. The lowest BCUT2D eigenvalue weighted by atomic mass is 9.93. The van der Waals surface area contributed by atoms with E-state index in [0.717, 1.165) is 16.8 Å². The van der Waals surface area contributed by atoms with Crippen molar-refractivity contribution in [3.05, 3.63) is 82.3 Å². The first-order valence-corrected chi connectivity index (χ1v) is 11.2. The van der Waals surface area contributed by atoms with Gasteiger partial charge in [0.15, 0.2) is 5.17 Å². The molecule has 0 aliphatic carbocycles. The zero-order chi connectivity index (χ0) is 23.4. The molecule has 2 aromatic rings. The number of ether oxygens (including phenoxy) is 2. The number of benzene rings is 1. The van der Waals surface area contributed by atoms with Crippen molar-refractivity contribution in [3.63, 3.8) is 0 Å². The van der Waals surface area contributed by atoms with Crippen molar-refractivity contribution >= 4 is 28.8 Å². The monoisotopic (exact) mass is 464 g/mol. The minimum Gasteiger partial charge on any atom is -0.497 e. The van der Waals surface area contributed by atoms with Gasteiger partial charge >= 0.3 is 5.97 Å². The molecule has 0 bridgehead atoms. The second-order valence-corrected chi connectivity index (χ2v) is 8.31. The smallest absolute Gasteiger partial charge is 0.338 e. The lowest BCUT2D eigenvalue weighted by Gasteiger charge is -2.36. The Labute approximate surface area is 196 Å². The number of carbonyl (C=O) groups excluding carboxylic acids is 2. The highest BCUT2D eigenvalue weighted by molar-refractivity contribution is 8.16. The van der Waals surface area contributed by atoms with E-state index in [1.807, 2.05) is 46.7 Å². The summed E-state index contributed by atoms with van der Waals surface area (Å²) < 4.78 is 10.5. The van der Waals surface area contributed by atoms with Gasteiger partial charge in [-0.3, -0.25) is 9.78 Å². The highest BCUT2D eigenvalue weighted by atomic mass is 32.2. The molecule has 1 aromatic carbocycles. The lowest BCUT2D eigenvalue weighted by molar-refractivity contribution is -0.136. The predicted molar refractivity (Wildman–Crippen MR) is 126 cm³/mol. The van der Waals surface area contributed by atoms with Crippen LogP contribution in [0.2, 0.25) is 0 Å². The van der Waals surface area contributed by atoms with Crippen LogP contribution >= 0.6 is 11.8 Å². The summed E-state index contributed by atoms with van der Waals surface area (Å²) in [6, 6.07) is 10.8. The number of hydrogen-bond donors (Lipinski definition) is 1. The van der Waals surface area contributed by atoms with Gasteiger partial charge in [-0.15, -0.1) is 0 Å². The van der Waals surface area contributed by atoms with Gasteiger partial charge in [-0.25, -0.2) is 9.79 Å². The number of rotatable bonds is 7. The molecule has 0 fully saturated rings. The Bertz CT molecular complexity index is 1160. The number of aliphatic imine (C=N–C) groups is 1. The van der Waals surface area contributed by atoms with E-state index in [4.69, 9.17) is 9.47 Å². The maximum atomic E-state index is 12.8. The van der Waals surface area contributed by atoms with Crippen LogP contribution < -0.4 is 10.1 Å². The summed E-state index contributed by atoms with van der Waals surface area (Å²) >= 11 is 1.43. The minimum absolute atomic E-state index is 0.137. The Balaban J connectivity index is 1.62. The molecule has 0 saturated carbocycles. The van der Waals surface area contributed by atoms with Gasteiger partial charge < -0.3 is 19.7 Å². The number of nitrogens with one attached hydrogen (secondary N) is 1. The second-order valence-electron chi connectivity index (χ2n) is 7.48. The van der Waals surface area contributed by atoms with Gasteiger partial charge in [0.1, 0.15) is 5.75 Å². The van der Waals surface area contributed by atoms with E-state index in [1.54, 1.807) is 26.4 Å². The Morgan fingerprint density at radius 3 is 2.79 bits per heavy atom. The van der Waals surface area contributed by atoms with Gasteiger partial charge in [0.25, 0.3) is 0 Å². The zero-order valence-corrected chi connectivity index (χ0v) is 19.4. The van der Waals surface area contributed by atoms with E-state index in [0.29, 0.717) is 28.7 Å². The number of nitrogens with zero attached hydrogens (tertiary/aromatic N) is 3. The van der Waals surface area contributed by atoms with Crippen molar-refractivity contribution < 1.29 is 19.1 Å². The van der Waals surface area contributed by atoms with Crippen LogP contribution in [0.15, 0.2) is 76.2 Å². The van der Waals surface area contributed by atoms with Crippen LogP contribution in [0.25, 0.3) is 0 Å². The van der Waals surface area contributed by atoms with Crippen molar-refractivity contribution in [1.29, 1.82) is 0 Å². The van der Waals surface area contributed by atoms with Gasteiger partial charge in [0.2, 0.25) is 5.91 Å². The van der Waals surface area contributed by atoms with Gasteiger partial charge in [-0.2, -0.15) is 0 Å². The number of methoxy groups -OCH3 is 2. The van der Waals surface area contributed by atoms with Crippen molar-refractivity contribution in [2.45, 2.75) is 25.9 Å². The fourth-order valence-corrected chi connectivity index (χ4v) is 4.76. The standard InChI is InChI=1S/C24H24N4O4S/c1-15-21(23(30)32-3)22(17-7-4-8-19(10-17)31-2)28-18(14-33-24(28)27-15)11-20(29)26-13-16-6-5-9-25-12-16/h4-10,12,14,22H,11,13H2,1-3H3,(H,26,29). The molecule has 0 spiro atoms. The Hall–Kier alpha value is -3.59. The van der Waals surface area contributed by atoms with Crippen LogP contribution in [0, 0.1) is 0 Å². The summed E-state index contributed by atoms with van der Waals surface area (Å²) in [7, 11) is 2.95. The van der Waals surface area contributed by atoms with E-state index in [2.05, 4.69) is 15.3 Å². The molecule has 1 aromatic heterocycles. The molecule has 9 heteroatoms. The van der Waals surface area contributed by atoms with E-state index in [-0.39, 0.29) is 12.3 Å². The minimum atomic E-state index is -0.493. The van der Waals surface area contributed by atoms with Crippen LogP contribution in [-0.4, -0.2) is 41.1 Å². The third-order valence-corrected chi connectivity index (χ3v) is 6.26. The first-order chi connectivity index (χ1) is 16.0. The molecule has 2 aliphatic rings. The van der Waals surface area contributed by atoms with Gasteiger partial charge in [-0.05, 0) is 41.7 Å². The number of allylic oxidation sites excluding steroid dienone is 1. The number of fused-ring (bicyclic) bond motifs is 1. The molecule has 3 heterocycles. The van der Waals surface area contributed by atoms with Crippen LogP contribution in [-0.2, 0) is 20.9 Å². The average Bonchev–Trinajstić information content (AvgIpc) is 3.23. The van der Waals surface area contributed by atoms with Crippen molar-refractivity contribution in [2.24, 2.45) is 4.99 Å². The fraction of sp³-hybridized carbons (Fsp3) is 0.250. The summed E-state index contributed by atoms with van der Waals surface area (Å²) in [5.41, 5.74) is 3.53. The quantitative estimate of drug-likeness (QED) is 0.627. The highest BCUT2D eigenvalue weighted by Crippen LogP contribution is 2.45. The Morgan fingerprint density at radius 1 is 1.21 bits per heavy atom. The van der Waals surface area contributed by atoms with E-state index in [1.165, 1.54) is 18.9 Å². The number of carbonyl (C=O) groups is 2. The molecule has 4 rings (SSSR count). The van der Waals surface area contributed by atoms with Crippen LogP contribution in [0.5, 0.6) is 5.75 Å². The highest BCUT2D eigenvalue weighted by Gasteiger charge is 2.41. The molecule has 1 N–H and O–H groups in total. The average molecular weight is 465 g/mol. The summed E-state index contributed by atoms with van der Waals surface area (Å²) in [5.74, 6) is 0.0765. The summed E-state index contributed by atoms with van der Waals surface area (Å²) in [6.45, 7) is 2.18. The molecular formula is C24H24N4O4S. The number of amides is 1. The number of esters is 1. The second kappa shape index (κ2) is 9.91. The Kier molecular flexibility index (Phi) is 6.79. The maximum absolute atomic E-state index is 12.8. The molecular weight excluding hydrogens is 440 g/mol.